The summed E-state index contributed by atoms with van der Waals surface area (Å²) in [4.78, 5) is 16.3. The molecule has 17 heavy (non-hydrogen) atoms. The van der Waals surface area contributed by atoms with Crippen LogP contribution in [0.2, 0.25) is 0 Å². The fourth-order valence-electron chi connectivity index (χ4n) is 2.91. The van der Waals surface area contributed by atoms with E-state index in [1.807, 2.05) is 19.1 Å². The van der Waals surface area contributed by atoms with Crippen molar-refractivity contribution in [3.05, 3.63) is 30.1 Å². The second-order valence-electron chi connectivity index (χ2n) is 4.92. The van der Waals surface area contributed by atoms with E-state index in [4.69, 9.17) is 4.74 Å². The highest BCUT2D eigenvalue weighted by atomic mass is 16.5. The van der Waals surface area contributed by atoms with Gasteiger partial charge in [-0.1, -0.05) is 18.9 Å². The van der Waals surface area contributed by atoms with Gasteiger partial charge in [0.2, 0.25) is 0 Å². The van der Waals surface area contributed by atoms with E-state index in [9.17, 15) is 4.79 Å². The number of methoxy groups -OCH3 is 1. The summed E-state index contributed by atoms with van der Waals surface area (Å²) in [6.45, 7) is 1.99. The first-order valence-corrected chi connectivity index (χ1v) is 6.18. The number of rotatable bonds is 3. The molecule has 3 heteroatoms. The minimum atomic E-state index is -0.542. The van der Waals surface area contributed by atoms with Crippen LogP contribution in [-0.4, -0.2) is 18.1 Å². The Hall–Kier alpha value is -1.38. The first kappa shape index (κ1) is 12.1. The monoisotopic (exact) mass is 233 g/mol. The molecule has 0 spiro atoms. The summed E-state index contributed by atoms with van der Waals surface area (Å²) in [6, 6.07) is 3.85. The number of ether oxygens (including phenoxy) is 1. The smallest absolute Gasteiger partial charge is 0.316 e. The number of pyridine rings is 1. The molecule has 0 saturated heterocycles. The van der Waals surface area contributed by atoms with Crippen LogP contribution in [0.15, 0.2) is 24.5 Å². The first-order valence-electron chi connectivity index (χ1n) is 6.18. The Morgan fingerprint density at radius 3 is 2.71 bits per heavy atom. The third-order valence-corrected chi connectivity index (χ3v) is 4.04. The summed E-state index contributed by atoms with van der Waals surface area (Å²) in [5, 5.41) is 0. The average molecular weight is 233 g/mol. The largest absolute Gasteiger partial charge is 0.468 e. The maximum Gasteiger partial charge on any atom is 0.316 e. The van der Waals surface area contributed by atoms with E-state index in [1.165, 1.54) is 20.0 Å². The highest BCUT2D eigenvalue weighted by Crippen LogP contribution is 2.42. The fraction of sp³-hybridized carbons (Fsp3) is 0.571. The molecule has 0 N–H and O–H groups in total. The minimum absolute atomic E-state index is 0.141. The molecule has 1 aliphatic carbocycles. The molecular weight excluding hydrogens is 214 g/mol. The lowest BCUT2D eigenvalue weighted by Gasteiger charge is -2.32. The normalized spacial score (nSPS) is 19.9. The lowest BCUT2D eigenvalue weighted by Crippen LogP contribution is -2.40. The summed E-state index contributed by atoms with van der Waals surface area (Å²) in [7, 11) is 1.46. The van der Waals surface area contributed by atoms with Gasteiger partial charge in [0.05, 0.1) is 12.5 Å². The average Bonchev–Trinajstić information content (AvgIpc) is 2.92. The number of hydrogen-bond donors (Lipinski definition) is 0. The van der Waals surface area contributed by atoms with E-state index in [1.54, 1.807) is 12.4 Å². The molecular formula is C14H19NO2. The zero-order valence-corrected chi connectivity index (χ0v) is 10.5. The SMILES string of the molecule is COC(=O)[C@@](C)(c1cccnc1)C1CCCC1. The topological polar surface area (TPSA) is 39.2 Å². The van der Waals surface area contributed by atoms with Gasteiger partial charge in [-0.3, -0.25) is 9.78 Å². The van der Waals surface area contributed by atoms with Crippen LogP contribution in [0.25, 0.3) is 0 Å². The maximum absolute atomic E-state index is 12.2. The molecule has 1 heterocycles. The third-order valence-electron chi connectivity index (χ3n) is 4.04. The van der Waals surface area contributed by atoms with E-state index in [0.717, 1.165) is 18.4 Å². The van der Waals surface area contributed by atoms with E-state index in [0.29, 0.717) is 5.92 Å². The van der Waals surface area contributed by atoms with Crippen molar-refractivity contribution in [2.45, 2.75) is 38.0 Å². The predicted octanol–water partition coefficient (Wildman–Crippen LogP) is 2.70. The molecule has 0 radical (unpaired) electrons. The van der Waals surface area contributed by atoms with Crippen LogP contribution >= 0.6 is 0 Å². The van der Waals surface area contributed by atoms with Gasteiger partial charge in [-0.15, -0.1) is 0 Å². The van der Waals surface area contributed by atoms with Crippen molar-refractivity contribution in [3.63, 3.8) is 0 Å². The molecule has 2 rings (SSSR count). The molecule has 1 aromatic rings. The van der Waals surface area contributed by atoms with Gasteiger partial charge in [-0.05, 0) is 37.3 Å². The molecule has 0 aromatic carbocycles. The second kappa shape index (κ2) is 4.86. The molecule has 1 saturated carbocycles. The van der Waals surface area contributed by atoms with E-state index >= 15 is 0 Å². The number of esters is 1. The van der Waals surface area contributed by atoms with Crippen LogP contribution in [0.5, 0.6) is 0 Å². The quantitative estimate of drug-likeness (QED) is 0.753. The van der Waals surface area contributed by atoms with Crippen molar-refractivity contribution < 1.29 is 9.53 Å². The number of carbonyl (C=O) groups is 1. The number of hydrogen-bond acceptors (Lipinski definition) is 3. The highest BCUT2D eigenvalue weighted by molar-refractivity contribution is 5.83. The van der Waals surface area contributed by atoms with Crippen molar-refractivity contribution in [2.24, 2.45) is 5.92 Å². The zero-order chi connectivity index (χ0) is 12.3. The Bertz CT molecular complexity index is 384. The van der Waals surface area contributed by atoms with Gasteiger partial charge in [-0.2, -0.15) is 0 Å². The second-order valence-corrected chi connectivity index (χ2v) is 4.92. The highest BCUT2D eigenvalue weighted by Gasteiger charge is 2.44. The fourth-order valence-corrected chi connectivity index (χ4v) is 2.91. The van der Waals surface area contributed by atoms with Crippen molar-refractivity contribution in [3.8, 4) is 0 Å². The van der Waals surface area contributed by atoms with Gasteiger partial charge in [0.15, 0.2) is 0 Å². The maximum atomic E-state index is 12.2. The Labute approximate surface area is 102 Å². The number of nitrogens with zero attached hydrogens (tertiary/aromatic N) is 1. The lowest BCUT2D eigenvalue weighted by molar-refractivity contribution is -0.149. The summed E-state index contributed by atoms with van der Waals surface area (Å²) in [6.07, 6.45) is 8.13. The van der Waals surface area contributed by atoms with Crippen LogP contribution in [0.1, 0.15) is 38.2 Å². The first-order chi connectivity index (χ1) is 8.19. The molecule has 3 nitrogen and oxygen atoms in total. The standard InChI is InChI=1S/C14H19NO2/c1-14(13(16)17-2,11-6-3-4-7-11)12-8-5-9-15-10-12/h5,8-11H,3-4,6-7H2,1-2H3/t14-/m1/s1. The predicted molar refractivity (Wildman–Crippen MR) is 65.6 cm³/mol. The number of carbonyl (C=O) groups excluding carboxylic acids is 1. The van der Waals surface area contributed by atoms with Crippen LogP contribution in [0.3, 0.4) is 0 Å². The Balaban J connectivity index is 2.39. The summed E-state index contributed by atoms with van der Waals surface area (Å²) >= 11 is 0. The number of aromatic nitrogens is 1. The molecule has 0 bridgehead atoms. The Morgan fingerprint density at radius 1 is 1.47 bits per heavy atom. The molecule has 92 valence electrons. The molecule has 0 aliphatic heterocycles. The van der Waals surface area contributed by atoms with Crippen LogP contribution in [0, 0.1) is 5.92 Å². The van der Waals surface area contributed by atoms with Crippen molar-refractivity contribution in [2.75, 3.05) is 7.11 Å². The van der Waals surface area contributed by atoms with Gasteiger partial charge in [0.1, 0.15) is 0 Å². The van der Waals surface area contributed by atoms with E-state index < -0.39 is 5.41 Å². The van der Waals surface area contributed by atoms with Crippen LogP contribution in [-0.2, 0) is 14.9 Å². The van der Waals surface area contributed by atoms with Gasteiger partial charge >= 0.3 is 5.97 Å². The molecule has 1 aromatic heterocycles. The Kier molecular flexibility index (Phi) is 3.46. The van der Waals surface area contributed by atoms with E-state index in [-0.39, 0.29) is 5.97 Å². The van der Waals surface area contributed by atoms with Gasteiger partial charge < -0.3 is 4.74 Å². The lowest BCUT2D eigenvalue weighted by atomic mass is 9.71. The van der Waals surface area contributed by atoms with Crippen molar-refractivity contribution >= 4 is 5.97 Å². The van der Waals surface area contributed by atoms with E-state index in [2.05, 4.69) is 4.98 Å². The van der Waals surface area contributed by atoms with Crippen molar-refractivity contribution in [1.82, 2.24) is 4.98 Å². The summed E-state index contributed by atoms with van der Waals surface area (Å²) < 4.78 is 5.02. The molecule has 0 amide bonds. The summed E-state index contributed by atoms with van der Waals surface area (Å²) in [5.41, 5.74) is 0.429. The van der Waals surface area contributed by atoms with Crippen LogP contribution < -0.4 is 0 Å². The molecule has 1 atom stereocenters. The van der Waals surface area contributed by atoms with Gasteiger partial charge in [0.25, 0.3) is 0 Å². The summed E-state index contributed by atoms with van der Waals surface area (Å²) in [5.74, 6) is 0.233. The van der Waals surface area contributed by atoms with Crippen molar-refractivity contribution in [1.29, 1.82) is 0 Å². The van der Waals surface area contributed by atoms with Crippen LogP contribution in [0.4, 0.5) is 0 Å². The van der Waals surface area contributed by atoms with Gasteiger partial charge in [-0.25, -0.2) is 0 Å². The zero-order valence-electron chi connectivity index (χ0n) is 10.5. The molecule has 1 fully saturated rings. The molecule has 0 unspecified atom stereocenters. The van der Waals surface area contributed by atoms with Gasteiger partial charge in [0, 0.05) is 12.4 Å². The molecule has 1 aliphatic rings. The third kappa shape index (κ3) is 2.06. The minimum Gasteiger partial charge on any atom is -0.468 e. The Morgan fingerprint density at radius 2 is 2.18 bits per heavy atom.